The number of aliphatic hydroxyl groups excluding tert-OH is 1. The summed E-state index contributed by atoms with van der Waals surface area (Å²) in [5, 5.41) is 25.7. The molecule has 1 unspecified atom stereocenters. The number of rotatable bonds is 9. The van der Waals surface area contributed by atoms with Crippen molar-refractivity contribution in [1.29, 1.82) is 5.26 Å². The fraction of sp³-hybridized carbons (Fsp3) is 0.483. The lowest BCUT2D eigenvalue weighted by Crippen LogP contribution is -2.38. The van der Waals surface area contributed by atoms with Gasteiger partial charge in [-0.15, -0.1) is 0 Å². The van der Waals surface area contributed by atoms with Crippen LogP contribution in [0.1, 0.15) is 66.7 Å². The van der Waals surface area contributed by atoms with Gasteiger partial charge in [0, 0.05) is 44.2 Å². The van der Waals surface area contributed by atoms with Gasteiger partial charge in [0.05, 0.1) is 24.0 Å². The standard InChI is InChI=1S/C29H38N6O2/c1-7-33(5)11-9-21-13-24(26-18-34(6)32-19(26)3)23-10-12-35(29(36)25(23)14-21)20(4)27-15-28(37-8-2)22(16-30)17-31-27/h13-15,17-18,20,29,36H,7-12H2,1-6H3/t20-,29?/m0/s1. The van der Waals surface area contributed by atoms with Crippen LogP contribution in [-0.4, -0.2) is 63.0 Å². The molecule has 1 aliphatic rings. The maximum absolute atomic E-state index is 11.7. The Hall–Kier alpha value is -3.25. The van der Waals surface area contributed by atoms with Crippen LogP contribution in [-0.2, 0) is 19.9 Å². The second-order valence-corrected chi connectivity index (χ2v) is 9.85. The highest BCUT2D eigenvalue weighted by Crippen LogP contribution is 2.40. The third-order valence-corrected chi connectivity index (χ3v) is 7.42. The molecule has 3 heterocycles. The van der Waals surface area contributed by atoms with Crippen LogP contribution in [0.3, 0.4) is 0 Å². The van der Waals surface area contributed by atoms with Gasteiger partial charge in [0.15, 0.2) is 0 Å². The summed E-state index contributed by atoms with van der Waals surface area (Å²) in [4.78, 5) is 8.92. The quantitative estimate of drug-likeness (QED) is 0.470. The topological polar surface area (TPSA) is 90.4 Å². The Kier molecular flexibility index (Phi) is 8.28. The normalized spacial score (nSPS) is 16.5. The van der Waals surface area contributed by atoms with Crippen LogP contribution in [0.4, 0.5) is 0 Å². The van der Waals surface area contributed by atoms with E-state index in [1.54, 1.807) is 6.20 Å². The van der Waals surface area contributed by atoms with Gasteiger partial charge in [-0.3, -0.25) is 14.6 Å². The molecule has 0 amide bonds. The first-order chi connectivity index (χ1) is 17.8. The third kappa shape index (κ3) is 5.54. The molecule has 0 saturated carbocycles. The number of aryl methyl sites for hydroxylation is 2. The highest BCUT2D eigenvalue weighted by molar-refractivity contribution is 5.72. The number of fused-ring (bicyclic) bond motifs is 1. The molecule has 196 valence electrons. The van der Waals surface area contributed by atoms with E-state index in [2.05, 4.69) is 58.3 Å². The molecule has 8 heteroatoms. The van der Waals surface area contributed by atoms with Crippen LogP contribution in [0.5, 0.6) is 5.75 Å². The van der Waals surface area contributed by atoms with E-state index in [-0.39, 0.29) is 6.04 Å². The Labute approximate surface area is 220 Å². The molecule has 4 rings (SSSR count). The average molecular weight is 503 g/mol. The Morgan fingerprint density at radius 2 is 2.05 bits per heavy atom. The first-order valence-electron chi connectivity index (χ1n) is 13.1. The van der Waals surface area contributed by atoms with Crippen LogP contribution in [0, 0.1) is 18.3 Å². The number of aliphatic hydroxyl groups is 1. The minimum absolute atomic E-state index is 0.159. The van der Waals surface area contributed by atoms with Gasteiger partial charge in [-0.05, 0) is 69.5 Å². The van der Waals surface area contributed by atoms with E-state index in [1.807, 2.05) is 38.6 Å². The van der Waals surface area contributed by atoms with Crippen LogP contribution in [0.2, 0.25) is 0 Å². The molecule has 0 fully saturated rings. The van der Waals surface area contributed by atoms with Gasteiger partial charge in [0.2, 0.25) is 0 Å². The lowest BCUT2D eigenvalue weighted by Gasteiger charge is -2.39. The van der Waals surface area contributed by atoms with Crippen LogP contribution in [0.15, 0.2) is 30.6 Å². The lowest BCUT2D eigenvalue weighted by atomic mass is 9.86. The predicted molar refractivity (Wildman–Crippen MR) is 144 cm³/mol. The van der Waals surface area contributed by atoms with Crippen LogP contribution >= 0.6 is 0 Å². The van der Waals surface area contributed by atoms with Crippen molar-refractivity contribution in [3.05, 3.63) is 64.2 Å². The fourth-order valence-electron chi connectivity index (χ4n) is 5.15. The van der Waals surface area contributed by atoms with Gasteiger partial charge in [-0.25, -0.2) is 0 Å². The predicted octanol–water partition coefficient (Wildman–Crippen LogP) is 4.17. The van der Waals surface area contributed by atoms with Gasteiger partial charge in [-0.1, -0.05) is 19.1 Å². The fourth-order valence-corrected chi connectivity index (χ4v) is 5.15. The van der Waals surface area contributed by atoms with Crippen molar-refractivity contribution < 1.29 is 9.84 Å². The monoisotopic (exact) mass is 502 g/mol. The molecule has 0 spiro atoms. The van der Waals surface area contributed by atoms with Crippen molar-refractivity contribution >= 4 is 0 Å². The Morgan fingerprint density at radius 3 is 2.70 bits per heavy atom. The van der Waals surface area contributed by atoms with Crippen molar-refractivity contribution in [2.45, 2.75) is 52.8 Å². The number of hydrogen-bond acceptors (Lipinski definition) is 7. The number of hydrogen-bond donors (Lipinski definition) is 1. The summed E-state index contributed by atoms with van der Waals surface area (Å²) in [5.74, 6) is 0.533. The molecule has 2 atom stereocenters. The van der Waals surface area contributed by atoms with E-state index < -0.39 is 6.23 Å². The van der Waals surface area contributed by atoms with E-state index >= 15 is 0 Å². The molecule has 0 radical (unpaired) electrons. The summed E-state index contributed by atoms with van der Waals surface area (Å²) >= 11 is 0. The smallest absolute Gasteiger partial charge is 0.140 e. The summed E-state index contributed by atoms with van der Waals surface area (Å²) in [7, 11) is 4.08. The molecular weight excluding hydrogens is 464 g/mol. The Morgan fingerprint density at radius 1 is 1.27 bits per heavy atom. The summed E-state index contributed by atoms with van der Waals surface area (Å²) in [5.41, 5.74) is 7.81. The molecule has 2 aromatic heterocycles. The second kappa shape index (κ2) is 11.4. The average Bonchev–Trinajstić information content (AvgIpc) is 3.24. The number of benzene rings is 1. The minimum Gasteiger partial charge on any atom is -0.492 e. The SMILES string of the molecule is CCOc1cc([C@H](C)N2CCc3c(-c4cn(C)nc4C)cc(CCN(C)CC)cc3C2O)ncc1C#N. The largest absolute Gasteiger partial charge is 0.492 e. The van der Waals surface area contributed by atoms with Gasteiger partial charge in [0.1, 0.15) is 23.6 Å². The van der Waals surface area contributed by atoms with Crippen molar-refractivity contribution in [1.82, 2.24) is 24.6 Å². The molecule has 3 aromatic rings. The van der Waals surface area contributed by atoms with E-state index in [0.717, 1.165) is 48.4 Å². The van der Waals surface area contributed by atoms with Crippen molar-refractivity contribution in [2.75, 3.05) is 33.3 Å². The maximum atomic E-state index is 11.7. The zero-order chi connectivity index (χ0) is 26.7. The highest BCUT2D eigenvalue weighted by Gasteiger charge is 2.33. The summed E-state index contributed by atoms with van der Waals surface area (Å²) in [6.07, 6.45) is 4.58. The number of ether oxygens (including phenoxy) is 1. The van der Waals surface area contributed by atoms with E-state index in [0.29, 0.717) is 24.5 Å². The summed E-state index contributed by atoms with van der Waals surface area (Å²) in [6.45, 7) is 11.2. The molecule has 0 aliphatic carbocycles. The van der Waals surface area contributed by atoms with Crippen LogP contribution in [0.25, 0.3) is 11.1 Å². The highest BCUT2D eigenvalue weighted by atomic mass is 16.5. The van der Waals surface area contributed by atoms with Gasteiger partial charge >= 0.3 is 0 Å². The zero-order valence-electron chi connectivity index (χ0n) is 22.8. The molecule has 0 bridgehead atoms. The number of nitriles is 1. The molecule has 37 heavy (non-hydrogen) atoms. The second-order valence-electron chi connectivity index (χ2n) is 9.85. The van der Waals surface area contributed by atoms with E-state index in [9.17, 15) is 10.4 Å². The molecule has 1 aromatic carbocycles. The van der Waals surface area contributed by atoms with Gasteiger partial charge in [-0.2, -0.15) is 10.4 Å². The molecule has 1 N–H and O–H groups in total. The van der Waals surface area contributed by atoms with Crippen molar-refractivity contribution in [2.24, 2.45) is 7.05 Å². The summed E-state index contributed by atoms with van der Waals surface area (Å²) < 4.78 is 7.54. The Bertz CT molecular complexity index is 1290. The van der Waals surface area contributed by atoms with Crippen molar-refractivity contribution in [3.8, 4) is 22.9 Å². The maximum Gasteiger partial charge on any atom is 0.140 e. The first kappa shape index (κ1) is 26.8. The zero-order valence-corrected chi connectivity index (χ0v) is 22.8. The molecule has 8 nitrogen and oxygen atoms in total. The molecule has 1 aliphatic heterocycles. The lowest BCUT2D eigenvalue weighted by molar-refractivity contribution is -0.0327. The number of likely N-dealkylation sites (N-methyl/N-ethyl adjacent to an activating group) is 1. The third-order valence-electron chi connectivity index (χ3n) is 7.42. The van der Waals surface area contributed by atoms with E-state index in [1.165, 1.54) is 16.7 Å². The molecular formula is C29H38N6O2. The molecule has 0 saturated heterocycles. The number of nitrogens with zero attached hydrogens (tertiary/aromatic N) is 6. The first-order valence-corrected chi connectivity index (χ1v) is 13.1. The van der Waals surface area contributed by atoms with Crippen LogP contribution < -0.4 is 4.74 Å². The number of pyridine rings is 1. The Balaban J connectivity index is 1.72. The minimum atomic E-state index is -0.772. The van der Waals surface area contributed by atoms with Crippen molar-refractivity contribution in [3.63, 3.8) is 0 Å². The number of aromatic nitrogens is 3. The summed E-state index contributed by atoms with van der Waals surface area (Å²) in [6, 6.07) is 8.28. The van der Waals surface area contributed by atoms with E-state index in [4.69, 9.17) is 4.74 Å². The van der Waals surface area contributed by atoms with Gasteiger partial charge in [0.25, 0.3) is 0 Å². The van der Waals surface area contributed by atoms with Gasteiger partial charge < -0.3 is 14.7 Å².